The molecule has 0 aliphatic carbocycles. The summed E-state index contributed by atoms with van der Waals surface area (Å²) in [6.07, 6.45) is 0. The van der Waals surface area contributed by atoms with Gasteiger partial charge in [-0.05, 0) is 37.4 Å². The number of fused-ring (bicyclic) bond motifs is 1. The van der Waals surface area contributed by atoms with Crippen molar-refractivity contribution in [2.45, 2.75) is 28.5 Å². The molecule has 0 amide bonds. The number of halogens is 1. The molecule has 2 rings (SSSR count). The Morgan fingerprint density at radius 1 is 1.38 bits per heavy atom. The molecule has 2 aliphatic heterocycles. The van der Waals surface area contributed by atoms with Gasteiger partial charge >= 0.3 is 0 Å². The molecule has 0 radical (unpaired) electrons. The fraction of sp³-hybridized carbons (Fsp3) is 0.889. The van der Waals surface area contributed by atoms with E-state index >= 15 is 0 Å². The lowest BCUT2D eigenvalue weighted by Gasteiger charge is -2.06. The van der Waals surface area contributed by atoms with E-state index in [9.17, 15) is 8.42 Å². The molecule has 0 aromatic heterocycles. The van der Waals surface area contributed by atoms with Crippen molar-refractivity contribution < 1.29 is 13.0 Å². The van der Waals surface area contributed by atoms with Gasteiger partial charge in [0.25, 0.3) is 4.38 Å². The van der Waals surface area contributed by atoms with Crippen LogP contribution in [-0.4, -0.2) is 50.9 Å². The molecule has 0 aromatic carbocycles. The predicted molar refractivity (Wildman–Crippen MR) is 75.6 cm³/mol. The third-order valence-corrected chi connectivity index (χ3v) is 11.0. The van der Waals surface area contributed by atoms with Gasteiger partial charge in [0.1, 0.15) is 17.2 Å². The van der Waals surface area contributed by atoms with Gasteiger partial charge in [0.2, 0.25) is 0 Å². The second-order valence-corrected chi connectivity index (χ2v) is 10.3. The Labute approximate surface area is 113 Å². The third kappa shape index (κ3) is 2.20. The summed E-state index contributed by atoms with van der Waals surface area (Å²) in [5.41, 5.74) is 0. The zero-order valence-corrected chi connectivity index (χ0v) is 13.3. The van der Waals surface area contributed by atoms with E-state index in [-0.39, 0.29) is 14.7 Å². The number of nitrogens with zero attached hydrogens (tertiary/aromatic N) is 1. The van der Waals surface area contributed by atoms with E-state index in [1.807, 2.05) is 0 Å². The number of rotatable bonds is 2. The lowest BCUT2D eigenvalue weighted by atomic mass is 10.4. The van der Waals surface area contributed by atoms with E-state index in [1.165, 1.54) is 4.38 Å². The molecule has 0 aromatic rings. The van der Waals surface area contributed by atoms with Crippen LogP contribution in [0.5, 0.6) is 0 Å². The summed E-state index contributed by atoms with van der Waals surface area (Å²) < 4.78 is 26.6. The molecule has 0 N–H and O–H groups in total. The SMILES string of the molecule is CC[N+](CC)=C1S[C@H]2[C@@H](Br)S(=O)(=O)C[C@H]2S1. The average molecular weight is 345 g/mol. The summed E-state index contributed by atoms with van der Waals surface area (Å²) in [7, 11) is -2.90. The van der Waals surface area contributed by atoms with Gasteiger partial charge in [-0.3, -0.25) is 0 Å². The van der Waals surface area contributed by atoms with Gasteiger partial charge in [0, 0.05) is 5.25 Å². The molecule has 0 saturated carbocycles. The molecule has 3 nitrogen and oxygen atoms in total. The van der Waals surface area contributed by atoms with E-state index < -0.39 is 9.84 Å². The summed E-state index contributed by atoms with van der Waals surface area (Å²) in [5.74, 6) is 0.315. The van der Waals surface area contributed by atoms with Crippen LogP contribution in [0.25, 0.3) is 0 Å². The van der Waals surface area contributed by atoms with E-state index in [4.69, 9.17) is 0 Å². The lowest BCUT2D eigenvalue weighted by molar-refractivity contribution is -0.515. The van der Waals surface area contributed by atoms with Gasteiger partial charge in [-0.25, -0.2) is 13.0 Å². The van der Waals surface area contributed by atoms with Crippen LogP contribution in [-0.2, 0) is 9.84 Å². The first-order valence-corrected chi connectivity index (χ1v) is 9.69. The Hall–Kier alpha value is 0.800. The standard InChI is InChI=1S/C9H15BrNO2S3/c1-3-11(4-2)9-14-6-5-16(12,13)8(10)7(6)15-9/h6-8H,3-5H2,1-2H3/q+1/t6-,7-,8+/m1/s1. The van der Waals surface area contributed by atoms with E-state index in [0.717, 1.165) is 13.1 Å². The summed E-state index contributed by atoms with van der Waals surface area (Å²) in [5, 5.41) is 0.417. The van der Waals surface area contributed by atoms with Gasteiger partial charge < -0.3 is 0 Å². The third-order valence-electron chi connectivity index (χ3n) is 2.88. The van der Waals surface area contributed by atoms with Crippen LogP contribution in [0.4, 0.5) is 0 Å². The van der Waals surface area contributed by atoms with Gasteiger partial charge in [-0.1, -0.05) is 15.9 Å². The molecule has 0 spiro atoms. The van der Waals surface area contributed by atoms with Crippen LogP contribution in [0.15, 0.2) is 0 Å². The van der Waals surface area contributed by atoms with Crippen LogP contribution in [0, 0.1) is 0 Å². The van der Waals surface area contributed by atoms with Crippen LogP contribution in [0.2, 0.25) is 0 Å². The van der Waals surface area contributed by atoms with Crippen molar-refractivity contribution in [3.05, 3.63) is 0 Å². The maximum absolute atomic E-state index is 11.7. The Morgan fingerprint density at radius 2 is 2.00 bits per heavy atom. The van der Waals surface area contributed by atoms with Gasteiger partial charge in [-0.15, -0.1) is 0 Å². The van der Waals surface area contributed by atoms with Crippen LogP contribution < -0.4 is 0 Å². The molecular formula is C9H15BrNO2S3+. The van der Waals surface area contributed by atoms with E-state index in [2.05, 4.69) is 34.4 Å². The molecule has 3 atom stereocenters. The van der Waals surface area contributed by atoms with Gasteiger partial charge in [0.15, 0.2) is 9.84 Å². The molecule has 0 unspecified atom stereocenters. The fourth-order valence-corrected chi connectivity index (χ4v) is 9.67. The number of sulfone groups is 1. The zero-order chi connectivity index (χ0) is 11.9. The van der Waals surface area contributed by atoms with Crippen LogP contribution >= 0.6 is 39.5 Å². The predicted octanol–water partition coefficient (Wildman–Crippen LogP) is 1.76. The van der Waals surface area contributed by atoms with Crippen molar-refractivity contribution in [1.29, 1.82) is 0 Å². The molecule has 2 heterocycles. The lowest BCUT2D eigenvalue weighted by Crippen LogP contribution is -2.19. The minimum atomic E-state index is -2.90. The van der Waals surface area contributed by atoms with Crippen LogP contribution in [0.3, 0.4) is 0 Å². The van der Waals surface area contributed by atoms with Crippen molar-refractivity contribution in [3.8, 4) is 0 Å². The highest BCUT2D eigenvalue weighted by Crippen LogP contribution is 2.49. The minimum Gasteiger partial charge on any atom is -0.228 e. The van der Waals surface area contributed by atoms with E-state index in [1.54, 1.807) is 23.5 Å². The summed E-state index contributed by atoms with van der Waals surface area (Å²) >= 11 is 6.80. The van der Waals surface area contributed by atoms with E-state index in [0.29, 0.717) is 5.75 Å². The van der Waals surface area contributed by atoms with Gasteiger partial charge in [0.05, 0.1) is 11.0 Å². The van der Waals surface area contributed by atoms with Crippen molar-refractivity contribution in [2.24, 2.45) is 0 Å². The molecule has 7 heteroatoms. The summed E-state index contributed by atoms with van der Waals surface area (Å²) in [4.78, 5) is 0. The molecule has 16 heavy (non-hydrogen) atoms. The molecule has 2 aliphatic rings. The Bertz CT molecular complexity index is 414. The van der Waals surface area contributed by atoms with Crippen molar-refractivity contribution >= 4 is 53.7 Å². The van der Waals surface area contributed by atoms with Crippen LogP contribution in [0.1, 0.15) is 13.8 Å². The number of alkyl halides is 1. The maximum Gasteiger partial charge on any atom is 0.270 e. The zero-order valence-electron chi connectivity index (χ0n) is 9.22. The highest BCUT2D eigenvalue weighted by atomic mass is 79.9. The topological polar surface area (TPSA) is 37.1 Å². The normalized spacial score (nSPS) is 36.4. The van der Waals surface area contributed by atoms with Crippen molar-refractivity contribution in [1.82, 2.24) is 0 Å². The largest absolute Gasteiger partial charge is 0.270 e. The highest BCUT2D eigenvalue weighted by molar-refractivity contribution is 9.11. The summed E-state index contributed by atoms with van der Waals surface area (Å²) in [6.45, 7) is 6.25. The monoisotopic (exact) mass is 344 g/mol. The Balaban J connectivity index is 2.22. The molecule has 92 valence electrons. The molecule has 2 fully saturated rings. The number of hydrogen-bond acceptors (Lipinski definition) is 4. The van der Waals surface area contributed by atoms with Crippen molar-refractivity contribution in [2.75, 3.05) is 18.8 Å². The Morgan fingerprint density at radius 3 is 2.50 bits per heavy atom. The maximum atomic E-state index is 11.7. The molecular weight excluding hydrogens is 330 g/mol. The Kier molecular flexibility index (Phi) is 3.99. The first-order chi connectivity index (χ1) is 7.49. The average Bonchev–Trinajstić information content (AvgIpc) is 2.69. The summed E-state index contributed by atoms with van der Waals surface area (Å²) in [6, 6.07) is 0. The quantitative estimate of drug-likeness (QED) is 0.565. The first-order valence-electron chi connectivity index (χ1n) is 5.30. The smallest absolute Gasteiger partial charge is 0.228 e. The highest BCUT2D eigenvalue weighted by Gasteiger charge is 2.53. The molecule has 2 saturated heterocycles. The molecule has 0 bridgehead atoms. The number of hydrogen-bond donors (Lipinski definition) is 0. The second-order valence-electron chi connectivity index (χ2n) is 3.86. The number of thioether (sulfide) groups is 2. The fourth-order valence-electron chi connectivity index (χ4n) is 1.92. The second kappa shape index (κ2) is 4.82. The van der Waals surface area contributed by atoms with Gasteiger partial charge in [-0.2, -0.15) is 0 Å². The minimum absolute atomic E-state index is 0.186. The first kappa shape index (κ1) is 13.2. The van der Waals surface area contributed by atoms with Crippen molar-refractivity contribution in [3.63, 3.8) is 0 Å².